The van der Waals surface area contributed by atoms with Crippen molar-refractivity contribution in [3.8, 4) is 0 Å². The van der Waals surface area contributed by atoms with Crippen LogP contribution in [0.5, 0.6) is 0 Å². The quantitative estimate of drug-likeness (QED) is 0.812. The zero-order valence-corrected chi connectivity index (χ0v) is 12.3. The molecule has 1 aromatic heterocycles. The van der Waals surface area contributed by atoms with E-state index in [0.717, 1.165) is 32.1 Å². The molecule has 21 heavy (non-hydrogen) atoms. The van der Waals surface area contributed by atoms with Crippen molar-refractivity contribution in [3.05, 3.63) is 23.9 Å². The molecule has 0 amide bonds. The first-order valence-electron chi connectivity index (χ1n) is 6.79. The monoisotopic (exact) mass is 314 g/mol. The Morgan fingerprint density at radius 2 is 2.24 bits per heavy atom. The van der Waals surface area contributed by atoms with Crippen LogP contribution in [-0.4, -0.2) is 43.7 Å². The van der Waals surface area contributed by atoms with Crippen LogP contribution in [0, 0.1) is 0 Å². The SMILES string of the molecule is O=C(O)c1ccc(S(=O)(=O)NCCC2CCCCO2)nc1. The predicted octanol–water partition coefficient (Wildman–Crippen LogP) is 1.02. The van der Waals surface area contributed by atoms with E-state index < -0.39 is 16.0 Å². The summed E-state index contributed by atoms with van der Waals surface area (Å²) in [5, 5.41) is 8.56. The molecule has 1 aliphatic rings. The zero-order valence-electron chi connectivity index (χ0n) is 11.5. The highest BCUT2D eigenvalue weighted by Crippen LogP contribution is 2.15. The second kappa shape index (κ2) is 6.97. The molecule has 2 rings (SSSR count). The molecule has 1 aliphatic heterocycles. The molecular formula is C13H18N2O5S. The highest BCUT2D eigenvalue weighted by Gasteiger charge is 2.18. The number of nitrogens with zero attached hydrogens (tertiary/aromatic N) is 1. The molecule has 8 heteroatoms. The molecule has 116 valence electrons. The second-order valence-electron chi connectivity index (χ2n) is 4.87. The number of pyridine rings is 1. The highest BCUT2D eigenvalue weighted by molar-refractivity contribution is 7.89. The standard InChI is InChI=1S/C13H18N2O5S/c16-13(17)10-4-5-12(14-9-10)21(18,19)15-7-6-11-3-1-2-8-20-11/h4-5,9,11,15H,1-3,6-8H2,(H,16,17). The summed E-state index contributed by atoms with van der Waals surface area (Å²) >= 11 is 0. The summed E-state index contributed by atoms with van der Waals surface area (Å²) < 4.78 is 32.0. The summed E-state index contributed by atoms with van der Waals surface area (Å²) in [5.41, 5.74) is -0.0513. The number of sulfonamides is 1. The third kappa shape index (κ3) is 4.48. The van der Waals surface area contributed by atoms with Crippen molar-refractivity contribution < 1.29 is 23.1 Å². The van der Waals surface area contributed by atoms with Crippen molar-refractivity contribution in [2.45, 2.75) is 36.8 Å². The summed E-state index contributed by atoms with van der Waals surface area (Å²) in [6, 6.07) is 2.40. The third-order valence-electron chi connectivity index (χ3n) is 3.29. The molecule has 1 atom stereocenters. The molecule has 2 N–H and O–H groups in total. The molecule has 7 nitrogen and oxygen atoms in total. The topological polar surface area (TPSA) is 106 Å². The molecule has 1 aromatic rings. The first-order chi connectivity index (χ1) is 9.99. The van der Waals surface area contributed by atoms with E-state index in [-0.39, 0.29) is 23.2 Å². The smallest absolute Gasteiger partial charge is 0.337 e. The van der Waals surface area contributed by atoms with Crippen molar-refractivity contribution in [3.63, 3.8) is 0 Å². The van der Waals surface area contributed by atoms with E-state index in [4.69, 9.17) is 9.84 Å². The van der Waals surface area contributed by atoms with E-state index in [0.29, 0.717) is 6.42 Å². The Labute approximate surface area is 123 Å². The fourth-order valence-electron chi connectivity index (χ4n) is 2.13. The molecule has 1 saturated heterocycles. The van der Waals surface area contributed by atoms with Gasteiger partial charge in [-0.3, -0.25) is 0 Å². The van der Waals surface area contributed by atoms with Gasteiger partial charge in [0.2, 0.25) is 0 Å². The van der Waals surface area contributed by atoms with Crippen LogP contribution in [0.15, 0.2) is 23.4 Å². The van der Waals surface area contributed by atoms with Crippen molar-refractivity contribution >= 4 is 16.0 Å². The lowest BCUT2D eigenvalue weighted by Gasteiger charge is -2.22. The molecule has 2 heterocycles. The first-order valence-corrected chi connectivity index (χ1v) is 8.28. The summed E-state index contributed by atoms with van der Waals surface area (Å²) in [4.78, 5) is 14.4. The van der Waals surface area contributed by atoms with Crippen LogP contribution >= 0.6 is 0 Å². The Morgan fingerprint density at radius 3 is 2.81 bits per heavy atom. The number of nitrogens with one attached hydrogen (secondary N) is 1. The van der Waals surface area contributed by atoms with Gasteiger partial charge < -0.3 is 9.84 Å². The average Bonchev–Trinajstić information content (AvgIpc) is 2.48. The zero-order chi connectivity index (χ0) is 15.3. The third-order valence-corrected chi connectivity index (χ3v) is 4.67. The van der Waals surface area contributed by atoms with Crippen LogP contribution < -0.4 is 4.72 Å². The largest absolute Gasteiger partial charge is 0.478 e. The number of aromatic nitrogens is 1. The molecule has 0 spiro atoms. The van der Waals surface area contributed by atoms with Crippen LogP contribution in [-0.2, 0) is 14.8 Å². The van der Waals surface area contributed by atoms with Crippen LogP contribution in [0.25, 0.3) is 0 Å². The van der Waals surface area contributed by atoms with Gasteiger partial charge in [-0.1, -0.05) is 0 Å². The van der Waals surface area contributed by atoms with Gasteiger partial charge in [0.15, 0.2) is 5.03 Å². The number of hydrogen-bond donors (Lipinski definition) is 2. The van der Waals surface area contributed by atoms with Crippen molar-refractivity contribution in [1.82, 2.24) is 9.71 Å². The minimum atomic E-state index is -3.71. The van der Waals surface area contributed by atoms with Crippen LogP contribution in [0.4, 0.5) is 0 Å². The lowest BCUT2D eigenvalue weighted by molar-refractivity contribution is 0.0123. The fraction of sp³-hybridized carbons (Fsp3) is 0.538. The van der Waals surface area contributed by atoms with Gasteiger partial charge in [0.25, 0.3) is 10.0 Å². The number of aromatic carboxylic acids is 1. The van der Waals surface area contributed by atoms with Crippen molar-refractivity contribution in [2.24, 2.45) is 0 Å². The van der Waals surface area contributed by atoms with Gasteiger partial charge in [0, 0.05) is 19.3 Å². The molecule has 1 unspecified atom stereocenters. The normalized spacial score (nSPS) is 19.3. The lowest BCUT2D eigenvalue weighted by atomic mass is 10.1. The molecule has 0 radical (unpaired) electrons. The Kier molecular flexibility index (Phi) is 5.27. The number of rotatable bonds is 6. The second-order valence-corrected chi connectivity index (χ2v) is 6.58. The van der Waals surface area contributed by atoms with Gasteiger partial charge in [0.1, 0.15) is 0 Å². The lowest BCUT2D eigenvalue weighted by Crippen LogP contribution is -2.30. The maximum absolute atomic E-state index is 12.0. The van der Waals surface area contributed by atoms with Crippen LogP contribution in [0.1, 0.15) is 36.0 Å². The van der Waals surface area contributed by atoms with Crippen LogP contribution in [0.2, 0.25) is 0 Å². The minimum absolute atomic E-state index is 0.0513. The van der Waals surface area contributed by atoms with Crippen LogP contribution in [0.3, 0.4) is 0 Å². The number of carboxylic acids is 1. The van der Waals surface area contributed by atoms with Gasteiger partial charge in [0.05, 0.1) is 11.7 Å². The van der Waals surface area contributed by atoms with E-state index in [1.54, 1.807) is 0 Å². The summed E-state index contributed by atoms with van der Waals surface area (Å²) in [7, 11) is -3.71. The fourth-order valence-corrected chi connectivity index (χ4v) is 3.10. The minimum Gasteiger partial charge on any atom is -0.478 e. The predicted molar refractivity (Wildman–Crippen MR) is 74.6 cm³/mol. The highest BCUT2D eigenvalue weighted by atomic mass is 32.2. The van der Waals surface area contributed by atoms with E-state index in [9.17, 15) is 13.2 Å². The molecule has 0 bridgehead atoms. The van der Waals surface area contributed by atoms with Gasteiger partial charge in [-0.2, -0.15) is 0 Å². The number of hydrogen-bond acceptors (Lipinski definition) is 5. The Hall–Kier alpha value is -1.51. The Morgan fingerprint density at radius 1 is 1.43 bits per heavy atom. The molecule has 0 aliphatic carbocycles. The van der Waals surface area contributed by atoms with Crippen molar-refractivity contribution in [2.75, 3.05) is 13.2 Å². The molecule has 1 fully saturated rings. The number of carbonyl (C=O) groups is 1. The number of ether oxygens (including phenoxy) is 1. The maximum Gasteiger partial charge on any atom is 0.337 e. The maximum atomic E-state index is 12.0. The van der Waals surface area contributed by atoms with Gasteiger partial charge in [-0.25, -0.2) is 22.9 Å². The molecule has 0 saturated carbocycles. The molecular weight excluding hydrogens is 296 g/mol. The average molecular weight is 314 g/mol. The Bertz CT molecular complexity index is 579. The Balaban J connectivity index is 1.90. The van der Waals surface area contributed by atoms with Gasteiger partial charge >= 0.3 is 5.97 Å². The summed E-state index contributed by atoms with van der Waals surface area (Å²) in [6.07, 6.45) is 4.86. The molecule has 0 aromatic carbocycles. The first kappa shape index (κ1) is 15.9. The van der Waals surface area contributed by atoms with Gasteiger partial charge in [-0.05, 0) is 37.8 Å². The van der Waals surface area contributed by atoms with E-state index in [1.807, 2.05) is 0 Å². The van der Waals surface area contributed by atoms with Crippen molar-refractivity contribution in [1.29, 1.82) is 0 Å². The van der Waals surface area contributed by atoms with E-state index in [2.05, 4.69) is 9.71 Å². The van der Waals surface area contributed by atoms with E-state index >= 15 is 0 Å². The van der Waals surface area contributed by atoms with E-state index in [1.165, 1.54) is 12.1 Å². The van der Waals surface area contributed by atoms with Gasteiger partial charge in [-0.15, -0.1) is 0 Å². The summed E-state index contributed by atoms with van der Waals surface area (Å²) in [5.74, 6) is -1.14. The summed E-state index contributed by atoms with van der Waals surface area (Å²) in [6.45, 7) is 1.00. The number of carboxylic acid groups (broad SMARTS) is 1.